The van der Waals surface area contributed by atoms with Crippen LogP contribution in [0.15, 0.2) is 12.2 Å². The van der Waals surface area contributed by atoms with E-state index in [0.717, 1.165) is 6.42 Å². The Morgan fingerprint density at radius 3 is 2.18 bits per heavy atom. The van der Waals surface area contributed by atoms with Crippen LogP contribution in [0.1, 0.15) is 133 Å². The molecule has 2 spiro atoms. The maximum absolute atomic E-state index is 14.8. The van der Waals surface area contributed by atoms with Crippen LogP contribution in [0, 0.1) is 41.4 Å². The van der Waals surface area contributed by atoms with Crippen LogP contribution in [0.25, 0.3) is 0 Å². The zero-order valence-electron chi connectivity index (χ0n) is 36.2. The molecule has 0 amide bonds. The largest absolute Gasteiger partial charge is 0.508 e. The van der Waals surface area contributed by atoms with Crippen LogP contribution < -0.4 is 0 Å². The maximum Gasteiger partial charge on any atom is 0.508 e. The van der Waals surface area contributed by atoms with Gasteiger partial charge in [-0.05, 0) is 95.6 Å². The van der Waals surface area contributed by atoms with E-state index in [0.29, 0.717) is 57.8 Å². The number of carbonyl (C=O) groups is 3. The molecule has 4 fully saturated rings. The first kappa shape index (κ1) is 45.9. The predicted molar refractivity (Wildman–Crippen MR) is 210 cm³/mol. The smallest absolute Gasteiger partial charge is 0.481 e. The zero-order chi connectivity index (χ0) is 42.2. The first-order chi connectivity index (χ1) is 26.7. The molecule has 57 heavy (non-hydrogen) atoms. The Morgan fingerprint density at radius 2 is 1.58 bits per heavy atom. The zero-order valence-corrected chi connectivity index (χ0v) is 36.2. The van der Waals surface area contributed by atoms with Crippen molar-refractivity contribution < 1.29 is 62.9 Å². The van der Waals surface area contributed by atoms with Crippen molar-refractivity contribution in [2.45, 2.75) is 199 Å². The van der Waals surface area contributed by atoms with Gasteiger partial charge in [-0.3, -0.25) is 9.59 Å². The highest BCUT2D eigenvalue weighted by Crippen LogP contribution is 2.54. The van der Waals surface area contributed by atoms with E-state index in [1.807, 2.05) is 55.4 Å². The number of aliphatic hydroxyl groups is 2. The molecule has 5 aliphatic heterocycles. The Kier molecular flexibility index (Phi) is 14.4. The molecule has 5 aliphatic rings. The van der Waals surface area contributed by atoms with Crippen LogP contribution in [-0.2, 0) is 42.7 Å². The molecule has 0 bridgehead atoms. The lowest BCUT2D eigenvalue weighted by Gasteiger charge is -2.54. The van der Waals surface area contributed by atoms with Crippen LogP contribution >= 0.6 is 0 Å². The maximum atomic E-state index is 14.8. The van der Waals surface area contributed by atoms with E-state index in [1.165, 1.54) is 7.11 Å². The molecule has 0 aliphatic carbocycles. The summed E-state index contributed by atoms with van der Waals surface area (Å²) in [4.78, 5) is 39.6. The minimum Gasteiger partial charge on any atom is -0.481 e. The van der Waals surface area contributed by atoms with Crippen LogP contribution in [0.3, 0.4) is 0 Å². The van der Waals surface area contributed by atoms with E-state index in [1.54, 1.807) is 19.1 Å². The number of ketones is 1. The summed E-state index contributed by atoms with van der Waals surface area (Å²) in [5.74, 6) is -6.42. The summed E-state index contributed by atoms with van der Waals surface area (Å²) in [5, 5.41) is 32.4. The lowest BCUT2D eigenvalue weighted by atomic mass is 9.72. The van der Waals surface area contributed by atoms with Gasteiger partial charge in [0.2, 0.25) is 5.79 Å². The number of aliphatic hydroxyl groups excluding tert-OH is 1. The number of aliphatic carboxylic acids is 1. The van der Waals surface area contributed by atoms with Crippen LogP contribution in [0.5, 0.6) is 0 Å². The topological polar surface area (TPSA) is 177 Å². The molecule has 5 heterocycles. The summed E-state index contributed by atoms with van der Waals surface area (Å²) >= 11 is 0. The molecule has 0 aromatic carbocycles. The Balaban J connectivity index is 1.37. The molecule has 13 nitrogen and oxygen atoms in total. The minimum atomic E-state index is -1.41. The van der Waals surface area contributed by atoms with E-state index < -0.39 is 89.1 Å². The molecule has 0 aromatic heterocycles. The second kappa shape index (κ2) is 17.8. The van der Waals surface area contributed by atoms with E-state index in [4.69, 9.17) is 33.2 Å². The van der Waals surface area contributed by atoms with Crippen LogP contribution in [-0.4, -0.2) is 106 Å². The number of methoxy groups -OCH3 is 1. The summed E-state index contributed by atoms with van der Waals surface area (Å²) in [5.41, 5.74) is -1.68. The van der Waals surface area contributed by atoms with Crippen molar-refractivity contribution in [1.82, 2.24) is 0 Å². The molecule has 0 radical (unpaired) electrons. The third-order valence-electron chi connectivity index (χ3n) is 14.8. The van der Waals surface area contributed by atoms with Gasteiger partial charge >= 0.3 is 12.1 Å². The van der Waals surface area contributed by atoms with Gasteiger partial charge in [0.1, 0.15) is 18.0 Å². The monoisotopic (exact) mass is 808 g/mol. The van der Waals surface area contributed by atoms with Crippen LogP contribution in [0.4, 0.5) is 4.79 Å². The van der Waals surface area contributed by atoms with Gasteiger partial charge in [0.05, 0.1) is 60.7 Å². The molecule has 0 saturated carbocycles. The molecular formula is C44H72O13. The fourth-order valence-corrected chi connectivity index (χ4v) is 10.8. The Labute approximate surface area is 339 Å². The SMILES string of the molecule is CC[C@@H](C(=O)[C@@H](C)[C@@H](OC(=O)OC)[C@H](C)[C@@H]1O[C@@H]([C@@H](CC)C(=O)O)CC[C@@H]1C)[C@H]1O[C@]2(C=C[C@@H](O)[C@]3(CC[C@@](C)([C@H]4CC[C@](O)(CC)[C@H](C)O4)O3)O2)[C@H](C)C[C@@H]1C. The third-order valence-corrected chi connectivity index (χ3v) is 14.8. The third kappa shape index (κ3) is 8.86. The predicted octanol–water partition coefficient (Wildman–Crippen LogP) is 6.98. The quantitative estimate of drug-likeness (QED) is 0.128. The summed E-state index contributed by atoms with van der Waals surface area (Å²) in [6.07, 6.45) is 3.98. The summed E-state index contributed by atoms with van der Waals surface area (Å²) in [6.45, 7) is 19.4. The average molecular weight is 809 g/mol. The summed E-state index contributed by atoms with van der Waals surface area (Å²) < 4.78 is 44.5. The van der Waals surface area contributed by atoms with Gasteiger partial charge in [-0.25, -0.2) is 4.79 Å². The normalized spacial score (nSPS) is 43.6. The first-order valence-corrected chi connectivity index (χ1v) is 21.7. The number of carbonyl (C=O) groups excluding carboxylic acids is 2. The van der Waals surface area contributed by atoms with Gasteiger partial charge in [0, 0.05) is 24.2 Å². The van der Waals surface area contributed by atoms with E-state index in [-0.39, 0.29) is 35.7 Å². The van der Waals surface area contributed by atoms with E-state index in [2.05, 4.69) is 6.92 Å². The number of hydrogen-bond acceptors (Lipinski definition) is 12. The van der Waals surface area contributed by atoms with Gasteiger partial charge in [0.25, 0.3) is 0 Å². The highest BCUT2D eigenvalue weighted by Gasteiger charge is 2.63. The van der Waals surface area contributed by atoms with E-state index in [9.17, 15) is 29.7 Å². The fourth-order valence-electron chi connectivity index (χ4n) is 10.8. The Morgan fingerprint density at radius 1 is 0.895 bits per heavy atom. The molecule has 0 aromatic rings. The van der Waals surface area contributed by atoms with Crippen molar-refractivity contribution in [3.05, 3.63) is 12.2 Å². The summed E-state index contributed by atoms with van der Waals surface area (Å²) in [6, 6.07) is 0. The van der Waals surface area contributed by atoms with Gasteiger partial charge in [-0.2, -0.15) is 0 Å². The molecule has 0 unspecified atom stereocenters. The molecule has 4 saturated heterocycles. The average Bonchev–Trinajstić information content (AvgIpc) is 3.52. The summed E-state index contributed by atoms with van der Waals surface area (Å²) in [7, 11) is 1.23. The molecular weight excluding hydrogens is 736 g/mol. The number of rotatable bonds is 13. The van der Waals surface area contributed by atoms with Crippen molar-refractivity contribution in [3.8, 4) is 0 Å². The lowest BCUT2D eigenvalue weighted by molar-refractivity contribution is -0.409. The number of Topliss-reactive ketones (excluding diaryl/α,β-unsaturated/α-hetero) is 1. The molecule has 326 valence electrons. The van der Waals surface area contributed by atoms with Crippen molar-refractivity contribution >= 4 is 17.9 Å². The van der Waals surface area contributed by atoms with Crippen LogP contribution in [0.2, 0.25) is 0 Å². The first-order valence-electron chi connectivity index (χ1n) is 21.7. The van der Waals surface area contributed by atoms with Crippen molar-refractivity contribution in [2.75, 3.05) is 7.11 Å². The second-order valence-corrected chi connectivity index (χ2v) is 18.5. The highest BCUT2D eigenvalue weighted by molar-refractivity contribution is 5.84. The van der Waals surface area contributed by atoms with Gasteiger partial charge in [-0.15, -0.1) is 0 Å². The Hall–Kier alpha value is -2.13. The minimum absolute atomic E-state index is 0.0313. The fraction of sp³-hybridized carbons (Fsp3) is 0.886. The van der Waals surface area contributed by atoms with E-state index >= 15 is 0 Å². The van der Waals surface area contributed by atoms with Gasteiger partial charge in [0.15, 0.2) is 5.79 Å². The molecule has 18 atom stereocenters. The number of carboxylic acid groups (broad SMARTS) is 1. The van der Waals surface area contributed by atoms with Crippen molar-refractivity contribution in [3.63, 3.8) is 0 Å². The highest BCUT2D eigenvalue weighted by atomic mass is 16.8. The lowest BCUT2D eigenvalue weighted by Crippen LogP contribution is -2.63. The molecule has 13 heteroatoms. The number of hydrogen-bond donors (Lipinski definition) is 3. The van der Waals surface area contributed by atoms with Crippen molar-refractivity contribution in [2.24, 2.45) is 41.4 Å². The van der Waals surface area contributed by atoms with Gasteiger partial charge < -0.3 is 48.5 Å². The van der Waals surface area contributed by atoms with Crippen molar-refractivity contribution in [1.29, 1.82) is 0 Å². The Bertz CT molecular complexity index is 1450. The number of ether oxygens (including phenoxy) is 7. The standard InChI is InChI=1S/C44H72O13/c1-12-30(39(47)48)32-16-15-24(4)36(53-32)28(8)38(54-40(49)51-11)27(7)35(46)31(13-2)37-25(5)23-26(6)43(55-37)20-17-33(45)44(57-43)22-21-41(10,56-44)34-18-19-42(50,14-3)29(9)52-34/h17,20,24-34,36-38,45,50H,12-16,18-19,21-23H2,1-11H3,(H,47,48)/t24-,25-,26+,27+,28+,29-,30+,31-,32+,33+,34+,36+,37-,38+,41-,42+,43-,44-/m0/s1. The molecule has 3 N–H and O–H groups in total. The van der Waals surface area contributed by atoms with Gasteiger partial charge in [-0.1, -0.05) is 55.4 Å². The number of carboxylic acids is 1. The molecule has 5 rings (SSSR count). The second-order valence-electron chi connectivity index (χ2n) is 18.5.